The van der Waals surface area contributed by atoms with Gasteiger partial charge in [0.05, 0.1) is 10.9 Å². The molecule has 3 aromatic carbocycles. The second kappa shape index (κ2) is 10.8. The van der Waals surface area contributed by atoms with Gasteiger partial charge in [0.25, 0.3) is 0 Å². The van der Waals surface area contributed by atoms with Crippen LogP contribution in [0.5, 0.6) is 0 Å². The number of halogens is 1. The van der Waals surface area contributed by atoms with Crippen LogP contribution in [0.1, 0.15) is 13.3 Å². The lowest BCUT2D eigenvalue weighted by molar-refractivity contribution is -0.115. The quantitative estimate of drug-likeness (QED) is 0.305. The summed E-state index contributed by atoms with van der Waals surface area (Å²) in [4.78, 5) is 13.5. The Kier molecular flexibility index (Phi) is 7.82. The zero-order valence-electron chi connectivity index (χ0n) is 16.4. The average molecular weight is 440 g/mol. The van der Waals surface area contributed by atoms with Crippen molar-refractivity contribution >= 4 is 52.1 Å². The van der Waals surface area contributed by atoms with Crippen molar-refractivity contribution < 1.29 is 9.18 Å². The molecule has 7 heteroatoms. The largest absolute Gasteiger partial charge is 0.332 e. The van der Waals surface area contributed by atoms with Crippen LogP contribution >= 0.6 is 24.0 Å². The number of thioether (sulfide) groups is 1. The Balaban J connectivity index is 1.62. The lowest BCUT2D eigenvalue weighted by atomic mass is 10.2. The highest BCUT2D eigenvalue weighted by Crippen LogP contribution is 2.29. The molecule has 3 aromatic rings. The molecule has 0 spiro atoms. The standard InChI is InChI=1S/C23H22FN3OS2/c1-2-21(22(28)27-20-14-7-6-13-19(20)24)30-18-12-8-11-17(15-18)26-23(29)25-16-9-4-3-5-10-16/h3-15,21H,2H2,1H3,(H,27,28)(H2,25,26,29). The Morgan fingerprint density at radius 1 is 0.933 bits per heavy atom. The molecule has 0 aliphatic heterocycles. The number of hydrogen-bond acceptors (Lipinski definition) is 3. The first-order chi connectivity index (χ1) is 14.5. The van der Waals surface area contributed by atoms with Gasteiger partial charge in [-0.1, -0.05) is 43.3 Å². The summed E-state index contributed by atoms with van der Waals surface area (Å²) in [5.74, 6) is -0.677. The number of rotatable bonds is 7. The predicted molar refractivity (Wildman–Crippen MR) is 128 cm³/mol. The van der Waals surface area contributed by atoms with Gasteiger partial charge in [-0.2, -0.15) is 0 Å². The van der Waals surface area contributed by atoms with Crippen molar-refractivity contribution in [3.05, 3.63) is 84.7 Å². The van der Waals surface area contributed by atoms with Gasteiger partial charge in [-0.15, -0.1) is 11.8 Å². The molecule has 0 fully saturated rings. The second-order valence-corrected chi connectivity index (χ2v) is 8.14. The third-order valence-corrected chi connectivity index (χ3v) is 5.76. The number of para-hydroxylation sites is 2. The Bertz CT molecular complexity index is 1010. The molecule has 0 saturated heterocycles. The molecule has 0 aromatic heterocycles. The summed E-state index contributed by atoms with van der Waals surface area (Å²) in [5, 5.41) is 9.08. The van der Waals surface area contributed by atoms with Crippen molar-refractivity contribution in [2.24, 2.45) is 0 Å². The molecule has 4 nitrogen and oxygen atoms in total. The van der Waals surface area contributed by atoms with Gasteiger partial charge in [0.2, 0.25) is 5.91 Å². The molecular weight excluding hydrogens is 417 g/mol. The van der Waals surface area contributed by atoms with E-state index in [4.69, 9.17) is 12.2 Å². The third-order valence-electron chi connectivity index (χ3n) is 4.20. The van der Waals surface area contributed by atoms with E-state index in [1.807, 2.05) is 61.5 Å². The minimum absolute atomic E-state index is 0.189. The summed E-state index contributed by atoms with van der Waals surface area (Å²) in [6.45, 7) is 1.93. The Hall–Kier alpha value is -2.90. The number of amides is 1. The molecule has 0 aliphatic rings. The maximum absolute atomic E-state index is 13.8. The zero-order chi connectivity index (χ0) is 21.3. The fraction of sp³-hybridized carbons (Fsp3) is 0.130. The summed E-state index contributed by atoms with van der Waals surface area (Å²) in [6.07, 6.45) is 0.608. The van der Waals surface area contributed by atoms with E-state index in [0.717, 1.165) is 16.3 Å². The van der Waals surface area contributed by atoms with E-state index in [1.54, 1.807) is 18.2 Å². The first-order valence-electron chi connectivity index (χ1n) is 9.50. The summed E-state index contributed by atoms with van der Waals surface area (Å²) in [7, 11) is 0. The monoisotopic (exact) mass is 439 g/mol. The lowest BCUT2D eigenvalue weighted by Crippen LogP contribution is -2.25. The lowest BCUT2D eigenvalue weighted by Gasteiger charge is -2.16. The fourth-order valence-corrected chi connectivity index (χ4v) is 3.97. The number of nitrogens with one attached hydrogen (secondary N) is 3. The number of hydrogen-bond donors (Lipinski definition) is 3. The molecule has 1 amide bonds. The fourth-order valence-electron chi connectivity index (χ4n) is 2.72. The van der Waals surface area contributed by atoms with E-state index in [-0.39, 0.29) is 16.8 Å². The van der Waals surface area contributed by atoms with Gasteiger partial charge >= 0.3 is 0 Å². The number of thiocarbonyl (C=S) groups is 1. The van der Waals surface area contributed by atoms with Crippen LogP contribution < -0.4 is 16.0 Å². The molecule has 154 valence electrons. The van der Waals surface area contributed by atoms with Crippen molar-refractivity contribution in [2.45, 2.75) is 23.5 Å². The number of benzene rings is 3. The van der Waals surface area contributed by atoms with Crippen LogP contribution in [0.25, 0.3) is 0 Å². The van der Waals surface area contributed by atoms with Crippen LogP contribution in [0.4, 0.5) is 21.5 Å². The number of carbonyl (C=O) groups is 1. The Labute approximate surface area is 185 Å². The van der Waals surface area contributed by atoms with Crippen molar-refractivity contribution in [1.82, 2.24) is 0 Å². The molecule has 0 heterocycles. The van der Waals surface area contributed by atoms with Crippen molar-refractivity contribution in [1.29, 1.82) is 0 Å². The third kappa shape index (κ3) is 6.30. The van der Waals surface area contributed by atoms with E-state index in [1.165, 1.54) is 17.8 Å². The molecule has 0 aliphatic carbocycles. The van der Waals surface area contributed by atoms with Crippen molar-refractivity contribution in [2.75, 3.05) is 16.0 Å². The minimum atomic E-state index is -0.448. The molecule has 1 atom stereocenters. The van der Waals surface area contributed by atoms with Gasteiger partial charge in [0, 0.05) is 16.3 Å². The van der Waals surface area contributed by atoms with E-state index in [9.17, 15) is 9.18 Å². The topological polar surface area (TPSA) is 53.2 Å². The predicted octanol–water partition coefficient (Wildman–Crippen LogP) is 6.14. The highest BCUT2D eigenvalue weighted by molar-refractivity contribution is 8.00. The van der Waals surface area contributed by atoms with Gasteiger partial charge in [-0.25, -0.2) is 4.39 Å². The molecule has 3 N–H and O–H groups in total. The molecule has 0 bridgehead atoms. The van der Waals surface area contributed by atoms with Gasteiger partial charge in [0.1, 0.15) is 5.82 Å². The molecular formula is C23H22FN3OS2. The first-order valence-corrected chi connectivity index (χ1v) is 10.8. The smallest absolute Gasteiger partial charge is 0.237 e. The summed E-state index contributed by atoms with van der Waals surface area (Å²) >= 11 is 6.80. The van der Waals surface area contributed by atoms with Gasteiger partial charge < -0.3 is 16.0 Å². The Morgan fingerprint density at radius 3 is 2.33 bits per heavy atom. The van der Waals surface area contributed by atoms with E-state index >= 15 is 0 Å². The van der Waals surface area contributed by atoms with E-state index in [0.29, 0.717) is 11.5 Å². The minimum Gasteiger partial charge on any atom is -0.332 e. The van der Waals surface area contributed by atoms with Crippen LogP contribution in [-0.4, -0.2) is 16.3 Å². The summed E-state index contributed by atoms with van der Waals surface area (Å²) < 4.78 is 13.8. The van der Waals surface area contributed by atoms with Gasteiger partial charge in [-0.05, 0) is 61.1 Å². The van der Waals surface area contributed by atoms with Gasteiger partial charge in [0.15, 0.2) is 5.11 Å². The van der Waals surface area contributed by atoms with E-state index < -0.39 is 5.82 Å². The number of anilines is 3. The normalized spacial score (nSPS) is 11.4. The second-order valence-electron chi connectivity index (χ2n) is 6.46. The van der Waals surface area contributed by atoms with Crippen molar-refractivity contribution in [3.63, 3.8) is 0 Å². The molecule has 0 radical (unpaired) electrons. The van der Waals surface area contributed by atoms with Crippen LogP contribution in [0.2, 0.25) is 0 Å². The molecule has 3 rings (SSSR count). The average Bonchev–Trinajstić information content (AvgIpc) is 2.74. The van der Waals surface area contributed by atoms with Crippen LogP contribution in [0.3, 0.4) is 0 Å². The highest BCUT2D eigenvalue weighted by atomic mass is 32.2. The maximum Gasteiger partial charge on any atom is 0.237 e. The zero-order valence-corrected chi connectivity index (χ0v) is 18.0. The molecule has 0 saturated carbocycles. The SMILES string of the molecule is CCC(Sc1cccc(NC(=S)Nc2ccccc2)c1)C(=O)Nc1ccccc1F. The van der Waals surface area contributed by atoms with Gasteiger partial charge in [-0.3, -0.25) is 4.79 Å². The summed E-state index contributed by atoms with van der Waals surface area (Å²) in [5.41, 5.74) is 1.91. The highest BCUT2D eigenvalue weighted by Gasteiger charge is 2.19. The summed E-state index contributed by atoms with van der Waals surface area (Å²) in [6, 6.07) is 23.5. The first kappa shape index (κ1) is 21.8. The maximum atomic E-state index is 13.8. The van der Waals surface area contributed by atoms with Crippen LogP contribution in [-0.2, 0) is 4.79 Å². The number of carbonyl (C=O) groups excluding carboxylic acids is 1. The van der Waals surface area contributed by atoms with E-state index in [2.05, 4.69) is 16.0 Å². The van der Waals surface area contributed by atoms with Crippen molar-refractivity contribution in [3.8, 4) is 0 Å². The molecule has 1 unspecified atom stereocenters. The van der Waals surface area contributed by atoms with Crippen LogP contribution in [0, 0.1) is 5.82 Å². The van der Waals surface area contributed by atoms with Crippen LogP contribution in [0.15, 0.2) is 83.8 Å². The molecule has 30 heavy (non-hydrogen) atoms. The Morgan fingerprint density at radius 2 is 1.60 bits per heavy atom.